The molecule has 1 heterocycles. The van der Waals surface area contributed by atoms with Crippen molar-refractivity contribution in [2.45, 2.75) is 33.3 Å². The van der Waals surface area contributed by atoms with Gasteiger partial charge in [-0.05, 0) is 92.6 Å². The summed E-state index contributed by atoms with van der Waals surface area (Å²) in [6, 6.07) is 17.9. The number of hydrogen-bond donors (Lipinski definition) is 2. The molecule has 0 spiro atoms. The van der Waals surface area contributed by atoms with Crippen LogP contribution in [0.2, 0.25) is 5.02 Å². The van der Waals surface area contributed by atoms with E-state index in [9.17, 15) is 4.79 Å². The van der Waals surface area contributed by atoms with E-state index < -0.39 is 0 Å². The summed E-state index contributed by atoms with van der Waals surface area (Å²) in [6.45, 7) is 5.99. The molecule has 0 saturated heterocycles. The van der Waals surface area contributed by atoms with Crippen LogP contribution in [0.5, 0.6) is 5.75 Å². The number of ether oxygens (including phenoxy) is 1. The van der Waals surface area contributed by atoms with Crippen LogP contribution in [-0.2, 0) is 0 Å². The van der Waals surface area contributed by atoms with Crippen LogP contribution in [0.25, 0.3) is 22.6 Å². The van der Waals surface area contributed by atoms with Crippen molar-refractivity contribution in [1.29, 1.82) is 0 Å². The van der Waals surface area contributed by atoms with E-state index >= 15 is 0 Å². The Bertz CT molecular complexity index is 1350. The van der Waals surface area contributed by atoms with E-state index in [0.29, 0.717) is 27.6 Å². The first kappa shape index (κ1) is 23.7. The molecule has 0 radical (unpaired) electrons. The van der Waals surface area contributed by atoms with Gasteiger partial charge in [0.2, 0.25) is 5.89 Å². The Morgan fingerprint density at radius 3 is 2.68 bits per heavy atom. The number of halogens is 1. The van der Waals surface area contributed by atoms with Crippen molar-refractivity contribution in [1.82, 2.24) is 10.3 Å². The number of hydrogen-bond acceptors (Lipinski definition) is 5. The topological polar surface area (TPSA) is 76.4 Å². The Kier molecular flexibility index (Phi) is 7.14. The molecule has 1 amide bonds. The summed E-state index contributed by atoms with van der Waals surface area (Å²) in [7, 11) is 0. The van der Waals surface area contributed by atoms with Crippen molar-refractivity contribution >= 4 is 51.6 Å². The van der Waals surface area contributed by atoms with Gasteiger partial charge in [-0.1, -0.05) is 24.6 Å². The lowest BCUT2D eigenvalue weighted by Gasteiger charge is -2.14. The Morgan fingerprint density at radius 2 is 1.94 bits per heavy atom. The third-order valence-electron chi connectivity index (χ3n) is 5.42. The van der Waals surface area contributed by atoms with Crippen molar-refractivity contribution in [3.8, 4) is 17.2 Å². The predicted molar refractivity (Wildman–Crippen MR) is 140 cm³/mol. The Balaban J connectivity index is 1.45. The van der Waals surface area contributed by atoms with E-state index in [-0.39, 0.29) is 17.1 Å². The molecule has 4 rings (SSSR count). The maximum Gasteiger partial charge on any atom is 0.257 e. The van der Waals surface area contributed by atoms with Gasteiger partial charge >= 0.3 is 0 Å². The first-order valence-electron chi connectivity index (χ1n) is 10.9. The van der Waals surface area contributed by atoms with Gasteiger partial charge in [0.15, 0.2) is 10.7 Å². The lowest BCUT2D eigenvalue weighted by atomic mass is 10.1. The zero-order valence-electron chi connectivity index (χ0n) is 19.0. The molecule has 0 saturated carbocycles. The number of thiocarbonyl (C=S) groups is 1. The number of carbonyl (C=O) groups is 1. The summed E-state index contributed by atoms with van der Waals surface area (Å²) in [5.41, 5.74) is 4.24. The van der Waals surface area contributed by atoms with Gasteiger partial charge in [0.25, 0.3) is 5.91 Å². The summed E-state index contributed by atoms with van der Waals surface area (Å²) in [5.74, 6) is 0.894. The molecule has 3 aromatic carbocycles. The summed E-state index contributed by atoms with van der Waals surface area (Å²) >= 11 is 11.4. The molecule has 0 unspecified atom stereocenters. The lowest BCUT2D eigenvalue weighted by Crippen LogP contribution is -2.34. The first-order chi connectivity index (χ1) is 16.3. The molecule has 34 heavy (non-hydrogen) atoms. The van der Waals surface area contributed by atoms with Gasteiger partial charge in [-0.15, -0.1) is 0 Å². The van der Waals surface area contributed by atoms with Crippen molar-refractivity contribution in [3.05, 3.63) is 76.8 Å². The smallest absolute Gasteiger partial charge is 0.257 e. The number of rotatable bonds is 6. The van der Waals surface area contributed by atoms with E-state index in [1.54, 1.807) is 42.5 Å². The minimum atomic E-state index is -0.308. The second-order valence-electron chi connectivity index (χ2n) is 7.88. The highest BCUT2D eigenvalue weighted by molar-refractivity contribution is 7.80. The van der Waals surface area contributed by atoms with Crippen LogP contribution in [0, 0.1) is 6.92 Å². The minimum absolute atomic E-state index is 0.114. The summed E-state index contributed by atoms with van der Waals surface area (Å²) < 4.78 is 11.7. The number of anilines is 1. The zero-order valence-corrected chi connectivity index (χ0v) is 20.6. The van der Waals surface area contributed by atoms with E-state index in [0.717, 1.165) is 29.0 Å². The quantitative estimate of drug-likeness (QED) is 0.289. The van der Waals surface area contributed by atoms with E-state index in [1.165, 1.54) is 0 Å². The molecule has 0 fully saturated rings. The fraction of sp³-hybridized carbons (Fsp3) is 0.192. The van der Waals surface area contributed by atoms with Crippen molar-refractivity contribution in [2.24, 2.45) is 0 Å². The van der Waals surface area contributed by atoms with Crippen LogP contribution in [0.15, 0.2) is 65.1 Å². The van der Waals surface area contributed by atoms with Crippen LogP contribution >= 0.6 is 23.8 Å². The molecule has 174 valence electrons. The van der Waals surface area contributed by atoms with Gasteiger partial charge in [0.1, 0.15) is 11.3 Å². The molecule has 0 aliphatic heterocycles. The van der Waals surface area contributed by atoms with Gasteiger partial charge in [-0.2, -0.15) is 0 Å². The van der Waals surface area contributed by atoms with Gasteiger partial charge in [0.05, 0.1) is 6.10 Å². The number of amides is 1. The number of aromatic nitrogens is 1. The van der Waals surface area contributed by atoms with Gasteiger partial charge < -0.3 is 14.5 Å². The van der Waals surface area contributed by atoms with Gasteiger partial charge in [-0.3, -0.25) is 10.1 Å². The van der Waals surface area contributed by atoms with Gasteiger partial charge in [-0.25, -0.2) is 4.98 Å². The Labute approximate surface area is 208 Å². The van der Waals surface area contributed by atoms with Crippen LogP contribution in [0.1, 0.15) is 36.2 Å². The fourth-order valence-corrected chi connectivity index (χ4v) is 3.72. The third-order valence-corrected chi connectivity index (χ3v) is 5.86. The van der Waals surface area contributed by atoms with E-state index in [2.05, 4.69) is 22.5 Å². The van der Waals surface area contributed by atoms with Crippen LogP contribution < -0.4 is 15.4 Å². The second kappa shape index (κ2) is 10.2. The molecular weight excluding hydrogens is 470 g/mol. The number of benzene rings is 3. The highest BCUT2D eigenvalue weighted by Gasteiger charge is 2.15. The van der Waals surface area contributed by atoms with E-state index in [4.69, 9.17) is 33.0 Å². The second-order valence-corrected chi connectivity index (χ2v) is 8.72. The molecular formula is C26H24ClN3O3S. The summed E-state index contributed by atoms with van der Waals surface area (Å²) in [5, 5.41) is 6.60. The first-order valence-corrected chi connectivity index (χ1v) is 11.7. The standard InChI is InChI=1S/C26H24ClN3O3S/c1-4-15(2)32-19-11-8-17(9-12-19)24(31)30-26(34)29-21-7-5-6-20(16(21)3)25-28-22-14-18(27)10-13-23(22)33-25/h5-15H,4H2,1-3H3,(H2,29,30,31,34)/t15-/m0/s1. The van der Waals surface area contributed by atoms with Crippen LogP contribution in [0.3, 0.4) is 0 Å². The highest BCUT2D eigenvalue weighted by Crippen LogP contribution is 2.31. The van der Waals surface area contributed by atoms with Crippen molar-refractivity contribution < 1.29 is 13.9 Å². The lowest BCUT2D eigenvalue weighted by molar-refractivity contribution is 0.0977. The largest absolute Gasteiger partial charge is 0.491 e. The maximum atomic E-state index is 12.6. The Morgan fingerprint density at radius 1 is 1.18 bits per heavy atom. The molecule has 0 aliphatic carbocycles. The SMILES string of the molecule is CC[C@H](C)Oc1ccc(C(=O)NC(=S)Nc2cccc(-c3nc4cc(Cl)ccc4o3)c2C)cc1. The molecule has 1 aromatic heterocycles. The number of carbonyl (C=O) groups excluding carboxylic acids is 1. The van der Waals surface area contributed by atoms with Gasteiger partial charge in [0, 0.05) is 21.8 Å². The summed E-state index contributed by atoms with van der Waals surface area (Å²) in [6.07, 6.45) is 1.02. The predicted octanol–water partition coefficient (Wildman–Crippen LogP) is 6.76. The molecule has 1 atom stereocenters. The molecule has 0 aliphatic rings. The average Bonchev–Trinajstić information content (AvgIpc) is 3.23. The Hall–Kier alpha value is -3.42. The number of nitrogens with one attached hydrogen (secondary N) is 2. The zero-order chi connectivity index (χ0) is 24.2. The summed E-state index contributed by atoms with van der Waals surface area (Å²) in [4.78, 5) is 17.2. The third kappa shape index (κ3) is 5.38. The van der Waals surface area contributed by atoms with Crippen LogP contribution in [-0.4, -0.2) is 22.1 Å². The number of nitrogens with zero attached hydrogens (tertiary/aromatic N) is 1. The van der Waals surface area contributed by atoms with Crippen molar-refractivity contribution in [2.75, 3.05) is 5.32 Å². The average molecular weight is 494 g/mol. The minimum Gasteiger partial charge on any atom is -0.491 e. The number of oxazole rings is 1. The molecule has 2 N–H and O–H groups in total. The monoisotopic (exact) mass is 493 g/mol. The highest BCUT2D eigenvalue weighted by atomic mass is 35.5. The molecule has 4 aromatic rings. The van der Waals surface area contributed by atoms with Crippen molar-refractivity contribution in [3.63, 3.8) is 0 Å². The molecule has 0 bridgehead atoms. The maximum absolute atomic E-state index is 12.6. The molecule has 8 heteroatoms. The fourth-order valence-electron chi connectivity index (χ4n) is 3.35. The molecule has 6 nitrogen and oxygen atoms in total. The van der Waals surface area contributed by atoms with E-state index in [1.807, 2.05) is 32.0 Å². The van der Waals surface area contributed by atoms with Crippen LogP contribution in [0.4, 0.5) is 5.69 Å². The number of fused-ring (bicyclic) bond motifs is 1. The normalized spacial score (nSPS) is 11.8.